The predicted molar refractivity (Wildman–Crippen MR) is 50.1 cm³/mol. The monoisotopic (exact) mass is 328 g/mol. The van der Waals surface area contributed by atoms with Gasteiger partial charge in [-0.05, 0) is 0 Å². The van der Waals surface area contributed by atoms with Crippen LogP contribution in [0, 0.1) is 0 Å². The number of ether oxygens (including phenoxy) is 1. The quantitative estimate of drug-likeness (QED) is 0.435. The Kier molecular flexibility index (Phi) is 3.84. The van der Waals surface area contributed by atoms with Crippen molar-refractivity contribution in [3.8, 4) is 0 Å². The summed E-state index contributed by atoms with van der Waals surface area (Å²) in [4.78, 5) is 11.1. The molecule has 0 aromatic rings. The van der Waals surface area contributed by atoms with Crippen LogP contribution in [-0.4, -0.2) is 38.5 Å². The van der Waals surface area contributed by atoms with Gasteiger partial charge < -0.3 is 10.1 Å². The standard InChI is InChI=1S/C7H6F6N2O4S/c1-3-2-19-6(5(8,9)10,14-4(3)16)20(17,18)15-7(11,12)13/h15H,1-2H2,(H,14,16). The third kappa shape index (κ3) is 2.88. The Bertz CT molecular complexity index is 538. The molecule has 20 heavy (non-hydrogen) atoms. The summed E-state index contributed by atoms with van der Waals surface area (Å²) in [6.07, 6.45) is -11.5. The number of hydrogen-bond donors (Lipinski definition) is 2. The molecule has 6 nitrogen and oxygen atoms in total. The zero-order valence-electron chi connectivity index (χ0n) is 9.22. The summed E-state index contributed by atoms with van der Waals surface area (Å²) >= 11 is 0. The Morgan fingerprint density at radius 2 is 1.75 bits per heavy atom. The molecule has 0 bridgehead atoms. The van der Waals surface area contributed by atoms with Crippen molar-refractivity contribution >= 4 is 15.9 Å². The first kappa shape index (κ1) is 16.7. The van der Waals surface area contributed by atoms with E-state index in [2.05, 4.69) is 11.3 Å². The van der Waals surface area contributed by atoms with E-state index >= 15 is 0 Å². The average molecular weight is 328 g/mol. The van der Waals surface area contributed by atoms with Gasteiger partial charge >= 0.3 is 17.5 Å². The van der Waals surface area contributed by atoms with E-state index in [0.29, 0.717) is 0 Å². The lowest BCUT2D eigenvalue weighted by atomic mass is 10.2. The van der Waals surface area contributed by atoms with Crippen LogP contribution in [0.5, 0.6) is 0 Å². The highest BCUT2D eigenvalue weighted by Crippen LogP contribution is 2.38. The topological polar surface area (TPSA) is 84.5 Å². The van der Waals surface area contributed by atoms with Gasteiger partial charge in [-0.15, -0.1) is 4.72 Å². The van der Waals surface area contributed by atoms with E-state index in [9.17, 15) is 39.6 Å². The molecular weight excluding hydrogens is 322 g/mol. The normalized spacial score (nSPS) is 25.5. The molecule has 2 N–H and O–H groups in total. The Morgan fingerprint density at radius 1 is 1.25 bits per heavy atom. The number of alkyl halides is 6. The zero-order chi connectivity index (χ0) is 16.0. The molecule has 1 rings (SSSR count). The van der Waals surface area contributed by atoms with Crippen LogP contribution in [0.3, 0.4) is 0 Å². The highest BCUT2D eigenvalue weighted by Gasteiger charge is 2.70. The Hall–Kier alpha value is -1.34. The van der Waals surface area contributed by atoms with E-state index < -0.39 is 45.6 Å². The van der Waals surface area contributed by atoms with E-state index in [4.69, 9.17) is 0 Å². The lowest BCUT2D eigenvalue weighted by molar-refractivity contribution is -0.254. The number of carbonyl (C=O) groups is 1. The molecular formula is C7H6F6N2O4S. The highest BCUT2D eigenvalue weighted by atomic mass is 32.2. The van der Waals surface area contributed by atoms with E-state index in [-0.39, 0.29) is 4.72 Å². The maximum Gasteiger partial charge on any atom is 0.470 e. The van der Waals surface area contributed by atoms with Crippen LogP contribution in [-0.2, 0) is 19.6 Å². The van der Waals surface area contributed by atoms with E-state index in [1.165, 1.54) is 0 Å². The van der Waals surface area contributed by atoms with Crippen molar-refractivity contribution in [1.29, 1.82) is 0 Å². The van der Waals surface area contributed by atoms with E-state index in [1.54, 1.807) is 0 Å². The van der Waals surface area contributed by atoms with Crippen molar-refractivity contribution in [3.63, 3.8) is 0 Å². The summed E-state index contributed by atoms with van der Waals surface area (Å²) in [5.74, 6) is -1.60. The number of sulfonamides is 1. The number of carbonyl (C=O) groups excluding carboxylic acids is 1. The van der Waals surface area contributed by atoms with Gasteiger partial charge in [0, 0.05) is 5.57 Å². The van der Waals surface area contributed by atoms with Gasteiger partial charge in [0.2, 0.25) is 0 Å². The average Bonchev–Trinajstić information content (AvgIpc) is 2.16. The molecule has 1 saturated heterocycles. The van der Waals surface area contributed by atoms with Crippen molar-refractivity contribution in [2.75, 3.05) is 6.61 Å². The van der Waals surface area contributed by atoms with Crippen LogP contribution in [0.2, 0.25) is 0 Å². The van der Waals surface area contributed by atoms with Gasteiger partial charge in [0.1, 0.15) is 0 Å². The summed E-state index contributed by atoms with van der Waals surface area (Å²) < 4.78 is 101. The predicted octanol–water partition coefficient (Wildman–Crippen LogP) is 0.344. The maximum atomic E-state index is 12.8. The third-order valence-corrected chi connectivity index (χ3v) is 3.76. The van der Waals surface area contributed by atoms with Crippen LogP contribution >= 0.6 is 0 Å². The molecule has 13 heteroatoms. The minimum atomic E-state index is -6.21. The highest BCUT2D eigenvalue weighted by molar-refractivity contribution is 7.90. The molecule has 116 valence electrons. The maximum absolute atomic E-state index is 12.8. The van der Waals surface area contributed by atoms with Gasteiger partial charge in [0.25, 0.3) is 15.9 Å². The largest absolute Gasteiger partial charge is 0.470 e. The van der Waals surface area contributed by atoms with Gasteiger partial charge in [-0.1, -0.05) is 6.58 Å². The third-order valence-electron chi connectivity index (χ3n) is 2.05. The lowest BCUT2D eigenvalue weighted by Gasteiger charge is -2.38. The number of amides is 1. The lowest BCUT2D eigenvalue weighted by Crippen LogP contribution is -2.71. The summed E-state index contributed by atoms with van der Waals surface area (Å²) in [6, 6.07) is 0. The van der Waals surface area contributed by atoms with Crippen molar-refractivity contribution in [3.05, 3.63) is 12.2 Å². The van der Waals surface area contributed by atoms with E-state index in [0.717, 1.165) is 5.32 Å². The molecule has 1 amide bonds. The van der Waals surface area contributed by atoms with Crippen molar-refractivity contribution in [1.82, 2.24) is 10.0 Å². The molecule has 1 fully saturated rings. The van der Waals surface area contributed by atoms with Crippen molar-refractivity contribution < 1.29 is 44.3 Å². The molecule has 1 unspecified atom stereocenters. The van der Waals surface area contributed by atoms with Gasteiger partial charge in [-0.2, -0.15) is 26.3 Å². The molecule has 1 heterocycles. The van der Waals surface area contributed by atoms with Gasteiger partial charge in [-0.3, -0.25) is 4.79 Å². The SMILES string of the molecule is C=C1COC(C(F)(F)F)(S(=O)(=O)NC(F)(F)F)NC1=O. The minimum absolute atomic E-state index is 0.169. The van der Waals surface area contributed by atoms with Crippen LogP contribution < -0.4 is 10.0 Å². The Morgan fingerprint density at radius 3 is 2.10 bits per heavy atom. The number of rotatable bonds is 2. The number of nitrogens with one attached hydrogen (secondary N) is 2. The minimum Gasteiger partial charge on any atom is -0.330 e. The van der Waals surface area contributed by atoms with Gasteiger partial charge in [0.05, 0.1) is 6.61 Å². The second-order valence-corrected chi connectivity index (χ2v) is 5.35. The van der Waals surface area contributed by atoms with Crippen LogP contribution in [0.1, 0.15) is 0 Å². The summed E-state index contributed by atoms with van der Waals surface area (Å²) in [6.45, 7) is 1.75. The molecule has 1 aliphatic rings. The Labute approximate surface area is 107 Å². The number of halogens is 6. The van der Waals surface area contributed by atoms with Gasteiger partial charge in [0.15, 0.2) is 0 Å². The van der Waals surface area contributed by atoms with Crippen molar-refractivity contribution in [2.45, 2.75) is 17.5 Å². The van der Waals surface area contributed by atoms with Crippen molar-refractivity contribution in [2.24, 2.45) is 0 Å². The fourth-order valence-corrected chi connectivity index (χ4v) is 2.40. The summed E-state index contributed by atoms with van der Waals surface area (Å²) in [5, 5.41) is -3.70. The smallest absolute Gasteiger partial charge is 0.330 e. The second-order valence-electron chi connectivity index (χ2n) is 3.56. The molecule has 1 atom stereocenters. The molecule has 0 aromatic carbocycles. The zero-order valence-corrected chi connectivity index (χ0v) is 10.0. The van der Waals surface area contributed by atoms with E-state index in [1.807, 2.05) is 0 Å². The summed E-state index contributed by atoms with van der Waals surface area (Å²) in [5.41, 5.74) is -0.577. The number of hydrogen-bond acceptors (Lipinski definition) is 4. The second kappa shape index (κ2) is 4.60. The summed E-state index contributed by atoms with van der Waals surface area (Å²) in [7, 11) is -6.21. The first-order valence-electron chi connectivity index (χ1n) is 4.53. The fourth-order valence-electron chi connectivity index (χ4n) is 1.20. The Balaban J connectivity index is 3.35. The molecule has 0 radical (unpaired) electrons. The first-order valence-corrected chi connectivity index (χ1v) is 6.01. The molecule has 0 saturated carbocycles. The van der Waals surface area contributed by atoms with Crippen LogP contribution in [0.15, 0.2) is 12.2 Å². The van der Waals surface area contributed by atoms with Gasteiger partial charge in [-0.25, -0.2) is 8.42 Å². The van der Waals surface area contributed by atoms with Crippen LogP contribution in [0.4, 0.5) is 26.3 Å². The fraction of sp³-hybridized carbons (Fsp3) is 0.571. The molecule has 0 aliphatic carbocycles. The first-order chi connectivity index (χ1) is 8.72. The van der Waals surface area contributed by atoms with Crippen LogP contribution in [0.25, 0.3) is 0 Å². The molecule has 0 aromatic heterocycles. The molecule has 1 aliphatic heterocycles. The molecule has 0 spiro atoms.